The van der Waals surface area contributed by atoms with Crippen LogP contribution < -0.4 is 9.47 Å². The van der Waals surface area contributed by atoms with Gasteiger partial charge in [0.1, 0.15) is 23.7 Å². The van der Waals surface area contributed by atoms with Crippen LogP contribution in [0.15, 0.2) is 30.3 Å². The number of rotatable bonds is 6. The molecule has 0 bridgehead atoms. The number of halogens is 1. The Hall–Kier alpha value is -2.20. The van der Waals surface area contributed by atoms with E-state index in [1.165, 1.54) is 0 Å². The van der Waals surface area contributed by atoms with Gasteiger partial charge in [0, 0.05) is 17.0 Å². The van der Waals surface area contributed by atoms with Crippen LogP contribution in [0.4, 0.5) is 0 Å². The highest BCUT2D eigenvalue weighted by molar-refractivity contribution is 6.30. The van der Waals surface area contributed by atoms with Gasteiger partial charge in [-0.05, 0) is 69.0 Å². The van der Waals surface area contributed by atoms with Crippen molar-refractivity contribution in [3.63, 3.8) is 0 Å². The molecule has 0 saturated carbocycles. The average Bonchev–Trinajstić information content (AvgIpc) is 2.93. The Morgan fingerprint density at radius 2 is 1.96 bits per heavy atom. The van der Waals surface area contributed by atoms with E-state index in [1.54, 1.807) is 13.8 Å². The summed E-state index contributed by atoms with van der Waals surface area (Å²) in [6.45, 7) is 9.90. The van der Waals surface area contributed by atoms with Gasteiger partial charge in [0.25, 0.3) is 0 Å². The Morgan fingerprint density at radius 1 is 1.25 bits per heavy atom. The second kappa shape index (κ2) is 7.32. The highest BCUT2D eigenvalue weighted by Crippen LogP contribution is 2.40. The molecule has 4 nitrogen and oxygen atoms in total. The highest BCUT2D eigenvalue weighted by Gasteiger charge is 2.33. The molecular formula is C23H27ClO4. The number of carboxylic acids is 1. The Kier molecular flexibility index (Phi) is 5.37. The van der Waals surface area contributed by atoms with Crippen molar-refractivity contribution in [3.8, 4) is 11.5 Å². The summed E-state index contributed by atoms with van der Waals surface area (Å²) >= 11 is 6.30. The molecule has 0 aliphatic carbocycles. The Labute approximate surface area is 171 Å². The van der Waals surface area contributed by atoms with Crippen molar-refractivity contribution in [1.29, 1.82) is 0 Å². The zero-order valence-electron chi connectivity index (χ0n) is 17.1. The fourth-order valence-electron chi connectivity index (χ4n) is 3.52. The zero-order chi connectivity index (χ0) is 20.7. The smallest absolute Gasteiger partial charge is 0.313 e. The van der Waals surface area contributed by atoms with E-state index >= 15 is 0 Å². The topological polar surface area (TPSA) is 55.8 Å². The Bertz CT molecular complexity index is 915. The van der Waals surface area contributed by atoms with Gasteiger partial charge in [-0.15, -0.1) is 0 Å². The molecule has 0 aromatic heterocycles. The Balaban J connectivity index is 1.86. The van der Waals surface area contributed by atoms with Crippen molar-refractivity contribution in [2.75, 3.05) is 0 Å². The molecule has 0 amide bonds. The van der Waals surface area contributed by atoms with Crippen LogP contribution >= 0.6 is 11.6 Å². The predicted octanol–water partition coefficient (Wildman–Crippen LogP) is 5.56. The van der Waals surface area contributed by atoms with Crippen LogP contribution in [0.25, 0.3) is 0 Å². The van der Waals surface area contributed by atoms with Crippen LogP contribution in [0, 0.1) is 0 Å². The first kappa shape index (κ1) is 20.5. The SMILES string of the molecule is CCc1cc(C(C)(C)C(=O)O)ccc1OCc1cc(Cl)cc2c1OC(C)(C)C2. The minimum Gasteiger partial charge on any atom is -0.488 e. The second-order valence-corrected chi connectivity index (χ2v) is 8.92. The molecule has 2 aromatic carbocycles. The number of fused-ring (bicyclic) bond motifs is 1. The Morgan fingerprint density at radius 3 is 2.61 bits per heavy atom. The molecule has 0 fully saturated rings. The normalized spacial score (nSPS) is 15.1. The molecule has 0 unspecified atom stereocenters. The van der Waals surface area contributed by atoms with E-state index in [2.05, 4.69) is 13.8 Å². The van der Waals surface area contributed by atoms with Crippen LogP contribution in [-0.2, 0) is 29.7 Å². The number of aryl methyl sites for hydroxylation is 1. The molecule has 150 valence electrons. The van der Waals surface area contributed by atoms with E-state index in [4.69, 9.17) is 21.1 Å². The molecule has 1 N–H and O–H groups in total. The lowest BCUT2D eigenvalue weighted by molar-refractivity contribution is -0.142. The molecule has 5 heteroatoms. The first-order chi connectivity index (χ1) is 13.0. The van der Waals surface area contributed by atoms with Gasteiger partial charge < -0.3 is 14.6 Å². The van der Waals surface area contributed by atoms with E-state index in [-0.39, 0.29) is 5.60 Å². The molecule has 2 aromatic rings. The molecule has 1 aliphatic heterocycles. The number of hydrogen-bond acceptors (Lipinski definition) is 3. The van der Waals surface area contributed by atoms with Gasteiger partial charge in [-0.25, -0.2) is 0 Å². The number of carbonyl (C=O) groups is 1. The van der Waals surface area contributed by atoms with Gasteiger partial charge in [0.15, 0.2) is 0 Å². The fraction of sp³-hybridized carbons (Fsp3) is 0.435. The lowest BCUT2D eigenvalue weighted by Gasteiger charge is -2.22. The molecule has 28 heavy (non-hydrogen) atoms. The van der Waals surface area contributed by atoms with Gasteiger partial charge in [0.2, 0.25) is 0 Å². The maximum atomic E-state index is 11.6. The van der Waals surface area contributed by atoms with Crippen LogP contribution in [0.5, 0.6) is 11.5 Å². The number of aliphatic carboxylic acids is 1. The molecule has 0 spiro atoms. The summed E-state index contributed by atoms with van der Waals surface area (Å²) in [6, 6.07) is 9.44. The average molecular weight is 403 g/mol. The maximum Gasteiger partial charge on any atom is 0.313 e. The van der Waals surface area contributed by atoms with Gasteiger partial charge >= 0.3 is 5.97 Å². The van der Waals surface area contributed by atoms with Crippen molar-refractivity contribution in [1.82, 2.24) is 0 Å². The van der Waals surface area contributed by atoms with E-state index in [9.17, 15) is 9.90 Å². The standard InChI is InChI=1S/C23H27ClO4/c1-6-14-9-17(23(4,5)21(25)26)7-8-19(14)27-13-16-11-18(24)10-15-12-22(2,3)28-20(15)16/h7-11H,6,12-13H2,1-5H3,(H,25,26). The zero-order valence-corrected chi connectivity index (χ0v) is 17.8. The largest absolute Gasteiger partial charge is 0.488 e. The third-order valence-corrected chi connectivity index (χ3v) is 5.50. The molecular weight excluding hydrogens is 376 g/mol. The summed E-state index contributed by atoms with van der Waals surface area (Å²) in [5.41, 5.74) is 2.57. The molecule has 0 saturated heterocycles. The quantitative estimate of drug-likeness (QED) is 0.687. The highest BCUT2D eigenvalue weighted by atomic mass is 35.5. The first-order valence-corrected chi connectivity index (χ1v) is 9.91. The lowest BCUT2D eigenvalue weighted by atomic mass is 9.83. The van der Waals surface area contributed by atoms with Gasteiger partial charge in [-0.2, -0.15) is 0 Å². The third kappa shape index (κ3) is 3.97. The molecule has 3 rings (SSSR count). The van der Waals surface area contributed by atoms with Crippen molar-refractivity contribution in [2.24, 2.45) is 0 Å². The molecule has 0 atom stereocenters. The van der Waals surface area contributed by atoms with Crippen LogP contribution in [-0.4, -0.2) is 16.7 Å². The van der Waals surface area contributed by atoms with Crippen LogP contribution in [0.1, 0.15) is 56.9 Å². The minimum atomic E-state index is -0.949. The second-order valence-electron chi connectivity index (χ2n) is 8.49. The van der Waals surface area contributed by atoms with Gasteiger partial charge in [-0.3, -0.25) is 4.79 Å². The molecule has 1 heterocycles. The summed E-state index contributed by atoms with van der Waals surface area (Å²) < 4.78 is 12.2. The lowest BCUT2D eigenvalue weighted by Crippen LogP contribution is -2.28. The summed E-state index contributed by atoms with van der Waals surface area (Å²) in [7, 11) is 0. The van der Waals surface area contributed by atoms with E-state index in [1.807, 2.05) is 37.3 Å². The maximum absolute atomic E-state index is 11.6. The summed E-state index contributed by atoms with van der Waals surface area (Å²) in [4.78, 5) is 11.6. The van der Waals surface area contributed by atoms with Crippen molar-refractivity contribution >= 4 is 17.6 Å². The van der Waals surface area contributed by atoms with Crippen molar-refractivity contribution in [2.45, 2.75) is 65.1 Å². The molecule has 1 aliphatic rings. The van der Waals surface area contributed by atoms with Gasteiger partial charge in [0.05, 0.1) is 5.41 Å². The van der Waals surface area contributed by atoms with Crippen molar-refractivity contribution < 1.29 is 19.4 Å². The van der Waals surface area contributed by atoms with Crippen molar-refractivity contribution in [3.05, 3.63) is 57.6 Å². The third-order valence-electron chi connectivity index (χ3n) is 5.28. The van der Waals surface area contributed by atoms with E-state index in [0.29, 0.717) is 11.6 Å². The van der Waals surface area contributed by atoms with Crippen LogP contribution in [0.3, 0.4) is 0 Å². The van der Waals surface area contributed by atoms with Gasteiger partial charge in [-0.1, -0.05) is 30.7 Å². The summed E-state index contributed by atoms with van der Waals surface area (Å²) in [5.74, 6) is 0.756. The van der Waals surface area contributed by atoms with Crippen LogP contribution in [0.2, 0.25) is 5.02 Å². The predicted molar refractivity (Wildman–Crippen MR) is 111 cm³/mol. The first-order valence-electron chi connectivity index (χ1n) is 9.53. The van der Waals surface area contributed by atoms with E-state index in [0.717, 1.165) is 46.6 Å². The summed E-state index contributed by atoms with van der Waals surface area (Å²) in [5, 5.41) is 10.2. The number of benzene rings is 2. The molecule has 0 radical (unpaired) electrons. The number of carboxylic acid groups (broad SMARTS) is 1. The number of ether oxygens (including phenoxy) is 2. The number of hydrogen-bond donors (Lipinski definition) is 1. The fourth-order valence-corrected chi connectivity index (χ4v) is 3.78. The monoisotopic (exact) mass is 402 g/mol. The summed E-state index contributed by atoms with van der Waals surface area (Å²) in [6.07, 6.45) is 1.56. The van der Waals surface area contributed by atoms with E-state index < -0.39 is 11.4 Å². The minimum absolute atomic E-state index is 0.250.